The Morgan fingerprint density at radius 1 is 1.33 bits per heavy atom. The zero-order chi connectivity index (χ0) is 13.5. The van der Waals surface area contributed by atoms with E-state index in [1.54, 1.807) is 24.3 Å². The summed E-state index contributed by atoms with van der Waals surface area (Å²) in [6.07, 6.45) is 0.865. The van der Waals surface area contributed by atoms with Crippen molar-refractivity contribution in [3.8, 4) is 5.75 Å². The number of aliphatic carboxylic acids is 1. The van der Waals surface area contributed by atoms with E-state index in [4.69, 9.17) is 9.84 Å². The predicted molar refractivity (Wildman–Crippen MR) is 67.6 cm³/mol. The number of carboxylic acid groups (broad SMARTS) is 1. The molecule has 96 valence electrons. The average molecular weight is 249 g/mol. The van der Waals surface area contributed by atoms with Gasteiger partial charge in [-0.25, -0.2) is 4.79 Å². The van der Waals surface area contributed by atoms with E-state index in [0.29, 0.717) is 18.0 Å². The highest BCUT2D eigenvalue weighted by atomic mass is 16.5. The molecule has 0 fully saturated rings. The first-order valence-electron chi connectivity index (χ1n) is 5.48. The Balaban J connectivity index is 2.67. The van der Waals surface area contributed by atoms with Crippen LogP contribution in [0.2, 0.25) is 0 Å². The quantitative estimate of drug-likeness (QED) is 0.783. The lowest BCUT2D eigenvalue weighted by atomic mass is 10.2. The van der Waals surface area contributed by atoms with E-state index >= 15 is 0 Å². The number of rotatable bonds is 5. The first-order valence-corrected chi connectivity index (χ1v) is 5.48. The molecule has 1 aromatic carbocycles. The van der Waals surface area contributed by atoms with E-state index in [0.717, 1.165) is 6.08 Å². The Bertz CT molecular complexity index is 462. The van der Waals surface area contributed by atoms with Gasteiger partial charge in [0, 0.05) is 17.3 Å². The number of carbonyl (C=O) groups is 2. The fourth-order valence-electron chi connectivity index (χ4n) is 1.28. The molecule has 0 aromatic heterocycles. The molecule has 1 aromatic rings. The Labute approximate surface area is 105 Å². The van der Waals surface area contributed by atoms with Crippen LogP contribution in [0.3, 0.4) is 0 Å². The zero-order valence-electron chi connectivity index (χ0n) is 10.3. The number of anilines is 1. The number of carbonyl (C=O) groups excluding carboxylic acids is 1. The molecule has 0 radical (unpaired) electrons. The van der Waals surface area contributed by atoms with Crippen molar-refractivity contribution in [1.82, 2.24) is 0 Å². The Hall–Kier alpha value is -2.30. The van der Waals surface area contributed by atoms with Gasteiger partial charge in [0.05, 0.1) is 6.61 Å². The highest BCUT2D eigenvalue weighted by molar-refractivity contribution is 6.06. The van der Waals surface area contributed by atoms with Crippen LogP contribution in [0.1, 0.15) is 13.8 Å². The van der Waals surface area contributed by atoms with Crippen LogP contribution in [-0.4, -0.2) is 23.6 Å². The Morgan fingerprint density at radius 3 is 2.44 bits per heavy atom. The lowest BCUT2D eigenvalue weighted by molar-refractivity contribution is -0.131. The van der Waals surface area contributed by atoms with Crippen molar-refractivity contribution in [3.05, 3.63) is 35.9 Å². The van der Waals surface area contributed by atoms with Gasteiger partial charge in [-0.1, -0.05) is 0 Å². The lowest BCUT2D eigenvalue weighted by Crippen LogP contribution is -2.13. The van der Waals surface area contributed by atoms with Crippen LogP contribution >= 0.6 is 0 Å². The van der Waals surface area contributed by atoms with Gasteiger partial charge in [0.1, 0.15) is 5.75 Å². The Morgan fingerprint density at radius 2 is 1.94 bits per heavy atom. The number of carboxylic acids is 1. The third-order valence-corrected chi connectivity index (χ3v) is 2.12. The minimum atomic E-state index is -1.14. The van der Waals surface area contributed by atoms with Gasteiger partial charge < -0.3 is 15.2 Å². The number of nitrogens with one attached hydrogen (secondary N) is 1. The number of benzene rings is 1. The van der Waals surface area contributed by atoms with E-state index in [9.17, 15) is 9.59 Å². The summed E-state index contributed by atoms with van der Waals surface area (Å²) < 4.78 is 5.26. The summed E-state index contributed by atoms with van der Waals surface area (Å²) >= 11 is 0. The summed E-state index contributed by atoms with van der Waals surface area (Å²) in [6.45, 7) is 3.90. The molecule has 1 rings (SSSR count). The van der Waals surface area contributed by atoms with Crippen LogP contribution in [0.25, 0.3) is 0 Å². The maximum Gasteiger partial charge on any atom is 0.328 e. The van der Waals surface area contributed by atoms with Crippen molar-refractivity contribution in [1.29, 1.82) is 0 Å². The molecule has 0 heterocycles. The predicted octanol–water partition coefficient (Wildman–Crippen LogP) is 2.05. The van der Waals surface area contributed by atoms with E-state index < -0.39 is 11.9 Å². The largest absolute Gasteiger partial charge is 0.494 e. The molecule has 2 N–H and O–H groups in total. The number of hydrogen-bond donors (Lipinski definition) is 2. The molecule has 18 heavy (non-hydrogen) atoms. The highest BCUT2D eigenvalue weighted by Gasteiger charge is 2.06. The van der Waals surface area contributed by atoms with Crippen molar-refractivity contribution < 1.29 is 19.4 Å². The Kier molecular flexibility index (Phi) is 4.92. The van der Waals surface area contributed by atoms with Gasteiger partial charge >= 0.3 is 5.97 Å². The van der Waals surface area contributed by atoms with Crippen molar-refractivity contribution in [3.63, 3.8) is 0 Å². The number of amides is 1. The molecular formula is C13H15NO4. The van der Waals surface area contributed by atoms with Gasteiger partial charge in [-0.05, 0) is 38.1 Å². The fraction of sp³-hybridized carbons (Fsp3) is 0.231. The maximum atomic E-state index is 11.6. The van der Waals surface area contributed by atoms with Crippen LogP contribution < -0.4 is 10.1 Å². The summed E-state index contributed by atoms with van der Waals surface area (Å²) in [7, 11) is 0. The summed E-state index contributed by atoms with van der Waals surface area (Å²) in [5, 5.41) is 11.1. The summed E-state index contributed by atoms with van der Waals surface area (Å²) in [5.74, 6) is -0.871. The monoisotopic (exact) mass is 249 g/mol. The van der Waals surface area contributed by atoms with Gasteiger partial charge in [-0.3, -0.25) is 4.79 Å². The minimum absolute atomic E-state index is 0.136. The van der Waals surface area contributed by atoms with Crippen LogP contribution in [0.5, 0.6) is 5.75 Å². The smallest absolute Gasteiger partial charge is 0.328 e. The van der Waals surface area contributed by atoms with Crippen molar-refractivity contribution in [2.45, 2.75) is 13.8 Å². The number of ether oxygens (including phenoxy) is 1. The molecule has 0 aliphatic heterocycles. The summed E-state index contributed by atoms with van der Waals surface area (Å²) in [4.78, 5) is 22.0. The molecular weight excluding hydrogens is 234 g/mol. The lowest BCUT2D eigenvalue weighted by Gasteiger charge is -2.07. The molecule has 0 saturated heterocycles. The maximum absolute atomic E-state index is 11.6. The van der Waals surface area contributed by atoms with E-state index in [-0.39, 0.29) is 5.57 Å². The molecule has 0 bridgehead atoms. The van der Waals surface area contributed by atoms with Crippen molar-refractivity contribution >= 4 is 17.6 Å². The number of hydrogen-bond acceptors (Lipinski definition) is 3. The molecule has 0 unspecified atom stereocenters. The molecule has 5 nitrogen and oxygen atoms in total. The molecule has 0 spiro atoms. The third kappa shape index (κ3) is 4.29. The molecule has 0 aliphatic carbocycles. The minimum Gasteiger partial charge on any atom is -0.494 e. The second-order valence-corrected chi connectivity index (χ2v) is 3.58. The average Bonchev–Trinajstić information content (AvgIpc) is 2.31. The first-order chi connectivity index (χ1) is 8.52. The van der Waals surface area contributed by atoms with Crippen LogP contribution in [0.15, 0.2) is 35.9 Å². The molecule has 1 amide bonds. The highest BCUT2D eigenvalue weighted by Crippen LogP contribution is 2.16. The van der Waals surface area contributed by atoms with E-state index in [1.807, 2.05) is 6.92 Å². The van der Waals surface area contributed by atoms with Gasteiger partial charge in [0.25, 0.3) is 5.91 Å². The normalized spacial score (nSPS) is 10.9. The second kappa shape index (κ2) is 6.44. The topological polar surface area (TPSA) is 75.6 Å². The zero-order valence-corrected chi connectivity index (χ0v) is 10.3. The first kappa shape index (κ1) is 13.8. The summed E-state index contributed by atoms with van der Waals surface area (Å²) in [6, 6.07) is 6.85. The van der Waals surface area contributed by atoms with Gasteiger partial charge in [-0.15, -0.1) is 0 Å². The molecule has 5 heteroatoms. The van der Waals surface area contributed by atoms with Crippen LogP contribution in [0, 0.1) is 0 Å². The third-order valence-electron chi connectivity index (χ3n) is 2.12. The van der Waals surface area contributed by atoms with Crippen LogP contribution in [-0.2, 0) is 9.59 Å². The van der Waals surface area contributed by atoms with Crippen LogP contribution in [0.4, 0.5) is 5.69 Å². The standard InChI is InChI=1S/C13H15NO4/c1-3-18-11-6-4-10(5-7-11)14-13(17)9(2)8-12(15)16/h4-8H,3H2,1-2H3,(H,14,17)(H,15,16)/b9-8+. The SMILES string of the molecule is CCOc1ccc(NC(=O)/C(C)=C/C(=O)O)cc1. The van der Waals surface area contributed by atoms with Crippen molar-refractivity contribution in [2.75, 3.05) is 11.9 Å². The summed E-state index contributed by atoms with van der Waals surface area (Å²) in [5.41, 5.74) is 0.720. The van der Waals surface area contributed by atoms with Crippen molar-refractivity contribution in [2.24, 2.45) is 0 Å². The molecule has 0 aliphatic rings. The van der Waals surface area contributed by atoms with E-state index in [2.05, 4.69) is 5.32 Å². The van der Waals surface area contributed by atoms with E-state index in [1.165, 1.54) is 6.92 Å². The molecule has 0 saturated carbocycles. The fourth-order valence-corrected chi connectivity index (χ4v) is 1.28. The van der Waals surface area contributed by atoms with Gasteiger partial charge in [-0.2, -0.15) is 0 Å². The molecule has 0 atom stereocenters. The van der Waals surface area contributed by atoms with Gasteiger partial charge in [0.15, 0.2) is 0 Å². The van der Waals surface area contributed by atoms with Gasteiger partial charge in [0.2, 0.25) is 0 Å². The second-order valence-electron chi connectivity index (χ2n) is 3.58.